The molecule has 1 saturated carbocycles. The van der Waals surface area contributed by atoms with Gasteiger partial charge in [-0.25, -0.2) is 0 Å². The topological polar surface area (TPSA) is 67.6 Å². The minimum Gasteiger partial charge on any atom is -0.480 e. The molecule has 2 heterocycles. The van der Waals surface area contributed by atoms with Gasteiger partial charge in [-0.2, -0.15) is 5.26 Å². The molecule has 2 aromatic rings. The van der Waals surface area contributed by atoms with Crippen LogP contribution in [0.1, 0.15) is 74.0 Å². The number of hydrogen-bond acceptors (Lipinski definition) is 4. The third kappa shape index (κ3) is 6.65. The monoisotopic (exact) mass is 513 g/mol. The van der Waals surface area contributed by atoms with Crippen molar-refractivity contribution in [1.82, 2.24) is 9.80 Å². The highest BCUT2D eigenvalue weighted by molar-refractivity contribution is 5.73. The minimum atomic E-state index is -0.637. The number of aliphatic carboxylic acids is 1. The average molecular weight is 514 g/mol. The SMILES string of the molecule is N#Cc1ccccc1CCCC1CCN(C[C@H]2CN([C@H](CC3CCC3)C(=O)O)C[C@@H]2c2ccccc2)CC1. The summed E-state index contributed by atoms with van der Waals surface area (Å²) in [6.45, 7) is 5.10. The first-order valence-electron chi connectivity index (χ1n) is 14.8. The van der Waals surface area contributed by atoms with E-state index in [1.54, 1.807) is 0 Å². The van der Waals surface area contributed by atoms with Crippen LogP contribution in [-0.4, -0.2) is 59.6 Å². The number of nitrogens with zero attached hydrogens (tertiary/aromatic N) is 3. The van der Waals surface area contributed by atoms with Gasteiger partial charge in [0, 0.05) is 25.6 Å². The second-order valence-corrected chi connectivity index (χ2v) is 12.0. The highest BCUT2D eigenvalue weighted by Crippen LogP contribution is 2.38. The third-order valence-corrected chi connectivity index (χ3v) is 9.60. The largest absolute Gasteiger partial charge is 0.480 e. The fourth-order valence-electron chi connectivity index (χ4n) is 7.09. The average Bonchev–Trinajstić information content (AvgIpc) is 3.32. The molecule has 1 aliphatic carbocycles. The lowest BCUT2D eigenvalue weighted by Gasteiger charge is -2.35. The van der Waals surface area contributed by atoms with Crippen molar-refractivity contribution in [2.24, 2.45) is 17.8 Å². The van der Waals surface area contributed by atoms with Crippen LogP contribution in [0.25, 0.3) is 0 Å². The smallest absolute Gasteiger partial charge is 0.320 e. The lowest BCUT2D eigenvalue weighted by Crippen LogP contribution is -2.43. The number of hydrogen-bond donors (Lipinski definition) is 1. The zero-order chi connectivity index (χ0) is 26.3. The summed E-state index contributed by atoms with van der Waals surface area (Å²) in [7, 11) is 0. The van der Waals surface area contributed by atoms with Crippen LogP contribution in [0.15, 0.2) is 54.6 Å². The number of likely N-dealkylation sites (tertiary alicyclic amines) is 2. The van der Waals surface area contributed by atoms with Crippen molar-refractivity contribution in [3.63, 3.8) is 0 Å². The van der Waals surface area contributed by atoms with Crippen molar-refractivity contribution in [2.75, 3.05) is 32.7 Å². The van der Waals surface area contributed by atoms with Crippen molar-refractivity contribution in [1.29, 1.82) is 5.26 Å². The molecule has 5 heteroatoms. The molecular weight excluding hydrogens is 470 g/mol. The maximum absolute atomic E-state index is 12.3. The van der Waals surface area contributed by atoms with Gasteiger partial charge in [-0.15, -0.1) is 0 Å². The van der Waals surface area contributed by atoms with Crippen LogP contribution in [-0.2, 0) is 11.2 Å². The first-order valence-corrected chi connectivity index (χ1v) is 14.8. The summed E-state index contributed by atoms with van der Waals surface area (Å²) in [4.78, 5) is 17.2. The first-order chi connectivity index (χ1) is 18.6. The van der Waals surface area contributed by atoms with E-state index in [0.717, 1.165) is 63.5 Å². The Bertz CT molecular complexity index is 1080. The van der Waals surface area contributed by atoms with Crippen LogP contribution < -0.4 is 0 Å². The molecule has 0 unspecified atom stereocenters. The Hall–Kier alpha value is -2.68. The van der Waals surface area contributed by atoms with Crippen molar-refractivity contribution < 1.29 is 9.90 Å². The van der Waals surface area contributed by atoms with Gasteiger partial charge in [0.25, 0.3) is 0 Å². The van der Waals surface area contributed by atoms with Gasteiger partial charge in [0.1, 0.15) is 6.04 Å². The maximum atomic E-state index is 12.3. The summed E-state index contributed by atoms with van der Waals surface area (Å²) in [5.41, 5.74) is 3.36. The zero-order valence-electron chi connectivity index (χ0n) is 22.7. The van der Waals surface area contributed by atoms with E-state index < -0.39 is 5.97 Å². The van der Waals surface area contributed by atoms with Gasteiger partial charge >= 0.3 is 5.97 Å². The first kappa shape index (κ1) is 26.9. The fraction of sp³-hybridized carbons (Fsp3) is 0.576. The molecule has 3 fully saturated rings. The molecule has 202 valence electrons. The summed E-state index contributed by atoms with van der Waals surface area (Å²) < 4.78 is 0. The Labute approximate surface area is 228 Å². The maximum Gasteiger partial charge on any atom is 0.320 e. The molecule has 5 rings (SSSR count). The van der Waals surface area contributed by atoms with E-state index >= 15 is 0 Å². The second-order valence-electron chi connectivity index (χ2n) is 12.0. The summed E-state index contributed by atoms with van der Waals surface area (Å²) in [5.74, 6) is 1.60. The van der Waals surface area contributed by atoms with E-state index in [2.05, 4.69) is 52.3 Å². The van der Waals surface area contributed by atoms with Crippen LogP contribution in [0, 0.1) is 29.1 Å². The predicted molar refractivity (Wildman–Crippen MR) is 151 cm³/mol. The summed E-state index contributed by atoms with van der Waals surface area (Å²) in [5, 5.41) is 19.4. The van der Waals surface area contributed by atoms with Crippen molar-refractivity contribution in [3.05, 3.63) is 71.3 Å². The number of aryl methyl sites for hydroxylation is 1. The molecule has 3 aliphatic rings. The predicted octanol–water partition coefficient (Wildman–Crippen LogP) is 5.95. The highest BCUT2D eigenvalue weighted by atomic mass is 16.4. The Balaban J connectivity index is 1.15. The van der Waals surface area contributed by atoms with Crippen molar-refractivity contribution in [3.8, 4) is 6.07 Å². The Kier molecular flexibility index (Phi) is 9.14. The van der Waals surface area contributed by atoms with Gasteiger partial charge in [0.2, 0.25) is 0 Å². The normalized spacial score (nSPS) is 24.1. The van der Waals surface area contributed by atoms with Crippen molar-refractivity contribution in [2.45, 2.75) is 69.7 Å². The number of piperidine rings is 1. The molecule has 2 aromatic carbocycles. The number of benzene rings is 2. The molecule has 0 radical (unpaired) electrons. The molecule has 5 nitrogen and oxygen atoms in total. The lowest BCUT2D eigenvalue weighted by atomic mass is 9.80. The van der Waals surface area contributed by atoms with E-state index in [1.807, 2.05) is 18.2 Å². The Morgan fingerprint density at radius 3 is 2.39 bits per heavy atom. The number of carbonyl (C=O) groups is 1. The zero-order valence-corrected chi connectivity index (χ0v) is 22.7. The molecule has 3 atom stereocenters. The summed E-state index contributed by atoms with van der Waals surface area (Å²) >= 11 is 0. The molecule has 0 spiro atoms. The number of nitriles is 1. The van der Waals surface area contributed by atoms with Crippen LogP contribution in [0.4, 0.5) is 0 Å². The number of rotatable bonds is 11. The molecule has 0 amide bonds. The van der Waals surface area contributed by atoms with Crippen LogP contribution in [0.3, 0.4) is 0 Å². The molecule has 2 aliphatic heterocycles. The van der Waals surface area contributed by atoms with Crippen LogP contribution in [0.2, 0.25) is 0 Å². The van der Waals surface area contributed by atoms with E-state index in [4.69, 9.17) is 0 Å². The molecule has 2 saturated heterocycles. The highest BCUT2D eigenvalue weighted by Gasteiger charge is 2.41. The Morgan fingerprint density at radius 2 is 1.71 bits per heavy atom. The van der Waals surface area contributed by atoms with Crippen LogP contribution >= 0.6 is 0 Å². The van der Waals surface area contributed by atoms with Gasteiger partial charge in [-0.1, -0.05) is 74.2 Å². The molecule has 0 bridgehead atoms. The van der Waals surface area contributed by atoms with E-state index in [0.29, 0.717) is 17.8 Å². The lowest BCUT2D eigenvalue weighted by molar-refractivity contribution is -0.144. The van der Waals surface area contributed by atoms with Crippen LogP contribution in [0.5, 0.6) is 0 Å². The minimum absolute atomic E-state index is 0.339. The fourth-order valence-corrected chi connectivity index (χ4v) is 7.09. The standard InChI is InChI=1S/C33H43N3O2/c34-21-29-14-5-4-11-27(29)15-7-8-25-16-18-35(19-17-25)22-30-23-36(24-31(30)28-12-2-1-3-13-28)32(33(37)38)20-26-9-6-10-26/h1-5,11-14,25-26,30-32H,6-10,15-20,22-24H2,(H,37,38)/t30-,31+,32+/m0/s1. The molecule has 38 heavy (non-hydrogen) atoms. The Morgan fingerprint density at radius 1 is 0.974 bits per heavy atom. The van der Waals surface area contributed by atoms with E-state index in [1.165, 1.54) is 49.7 Å². The van der Waals surface area contributed by atoms with Gasteiger partial charge in [-0.3, -0.25) is 9.69 Å². The second kappa shape index (κ2) is 12.9. The van der Waals surface area contributed by atoms with Crippen molar-refractivity contribution >= 4 is 5.97 Å². The van der Waals surface area contributed by atoms with E-state index in [-0.39, 0.29) is 6.04 Å². The van der Waals surface area contributed by atoms with E-state index in [9.17, 15) is 15.2 Å². The molecule has 0 aromatic heterocycles. The third-order valence-electron chi connectivity index (χ3n) is 9.60. The molecular formula is C33H43N3O2. The van der Waals surface area contributed by atoms with Gasteiger partial charge in [0.05, 0.1) is 11.6 Å². The van der Waals surface area contributed by atoms with Gasteiger partial charge in [0.15, 0.2) is 0 Å². The summed E-state index contributed by atoms with van der Waals surface area (Å²) in [6, 6.07) is 20.8. The number of carboxylic acid groups (broad SMARTS) is 1. The molecule has 1 N–H and O–H groups in total. The number of carboxylic acids is 1. The van der Waals surface area contributed by atoms with Gasteiger partial charge < -0.3 is 10.0 Å². The van der Waals surface area contributed by atoms with Gasteiger partial charge in [-0.05, 0) is 80.1 Å². The summed E-state index contributed by atoms with van der Waals surface area (Å²) in [6.07, 6.45) is 10.3. The quantitative estimate of drug-likeness (QED) is 0.402.